The van der Waals surface area contributed by atoms with Crippen molar-refractivity contribution >= 4 is 17.4 Å². The zero-order valence-electron chi connectivity index (χ0n) is 13.9. The number of anilines is 2. The molecule has 1 atom stereocenters. The van der Waals surface area contributed by atoms with E-state index in [-0.39, 0.29) is 5.91 Å². The lowest BCUT2D eigenvalue weighted by Crippen LogP contribution is -2.33. The number of amides is 1. The number of hydrogen-bond donors (Lipinski definition) is 2. The monoisotopic (exact) mass is 312 g/mol. The molecule has 0 saturated carbocycles. The van der Waals surface area contributed by atoms with Crippen molar-refractivity contribution in [3.05, 3.63) is 54.2 Å². The van der Waals surface area contributed by atoms with Gasteiger partial charge >= 0.3 is 0 Å². The van der Waals surface area contributed by atoms with Gasteiger partial charge in [0.1, 0.15) is 5.82 Å². The van der Waals surface area contributed by atoms with E-state index in [4.69, 9.17) is 5.73 Å². The fourth-order valence-corrected chi connectivity index (χ4v) is 2.22. The summed E-state index contributed by atoms with van der Waals surface area (Å²) in [6.45, 7) is 6.75. The van der Waals surface area contributed by atoms with E-state index in [1.165, 1.54) is 5.56 Å². The Morgan fingerprint density at radius 1 is 1.17 bits per heavy atom. The summed E-state index contributed by atoms with van der Waals surface area (Å²) in [4.78, 5) is 18.2. The van der Waals surface area contributed by atoms with E-state index in [1.807, 2.05) is 24.3 Å². The van der Waals surface area contributed by atoms with Crippen molar-refractivity contribution < 1.29 is 4.79 Å². The van der Waals surface area contributed by atoms with Gasteiger partial charge in [0.25, 0.3) is 0 Å². The Labute approximate surface area is 137 Å². The summed E-state index contributed by atoms with van der Waals surface area (Å²) in [7, 11) is 0. The zero-order chi connectivity index (χ0) is 16.8. The summed E-state index contributed by atoms with van der Waals surface area (Å²) in [6, 6.07) is 13.9. The highest BCUT2D eigenvalue weighted by Gasteiger charge is 2.13. The van der Waals surface area contributed by atoms with Crippen LogP contribution in [0.4, 0.5) is 11.5 Å². The number of rotatable bonds is 6. The second-order valence-electron chi connectivity index (χ2n) is 5.89. The van der Waals surface area contributed by atoms with Crippen LogP contribution in [0.1, 0.15) is 26.3 Å². The fraction of sp³-hybridized carbons (Fsp3) is 0.333. The number of aromatic nitrogens is 1. The third-order valence-electron chi connectivity index (χ3n) is 3.56. The summed E-state index contributed by atoms with van der Waals surface area (Å²) < 4.78 is 0. The van der Waals surface area contributed by atoms with Crippen molar-refractivity contribution in [2.24, 2.45) is 5.73 Å². The van der Waals surface area contributed by atoms with E-state index >= 15 is 0 Å². The summed E-state index contributed by atoms with van der Waals surface area (Å²) in [5, 5.41) is 2.69. The number of nitrogens with zero attached hydrogens (tertiary/aromatic N) is 2. The Kier molecular flexibility index (Phi) is 5.71. The molecule has 1 heterocycles. The van der Waals surface area contributed by atoms with Crippen LogP contribution in [0, 0.1) is 0 Å². The van der Waals surface area contributed by atoms with Gasteiger partial charge in [-0.3, -0.25) is 4.79 Å². The van der Waals surface area contributed by atoms with E-state index in [1.54, 1.807) is 19.2 Å². The predicted molar refractivity (Wildman–Crippen MR) is 94.3 cm³/mol. The van der Waals surface area contributed by atoms with Gasteiger partial charge in [0.15, 0.2) is 0 Å². The van der Waals surface area contributed by atoms with Crippen LogP contribution >= 0.6 is 0 Å². The van der Waals surface area contributed by atoms with Crippen molar-refractivity contribution in [2.75, 3.05) is 10.2 Å². The van der Waals surface area contributed by atoms with Crippen LogP contribution in [0.3, 0.4) is 0 Å². The van der Waals surface area contributed by atoms with Crippen LogP contribution in [0.15, 0.2) is 48.7 Å². The molecule has 0 saturated heterocycles. The van der Waals surface area contributed by atoms with E-state index < -0.39 is 6.04 Å². The number of carbonyl (C=O) groups is 1. The molecule has 3 N–H and O–H groups in total. The number of benzene rings is 1. The molecule has 5 heteroatoms. The fourth-order valence-electron chi connectivity index (χ4n) is 2.22. The Balaban J connectivity index is 2.12. The van der Waals surface area contributed by atoms with Gasteiger partial charge in [0.2, 0.25) is 5.91 Å². The van der Waals surface area contributed by atoms with E-state index in [0.29, 0.717) is 11.9 Å². The minimum atomic E-state index is -0.554. The van der Waals surface area contributed by atoms with Crippen molar-refractivity contribution in [1.82, 2.24) is 4.98 Å². The van der Waals surface area contributed by atoms with E-state index in [0.717, 1.165) is 12.2 Å². The van der Waals surface area contributed by atoms with Crippen LogP contribution in [0.2, 0.25) is 0 Å². The summed E-state index contributed by atoms with van der Waals surface area (Å²) >= 11 is 0. The van der Waals surface area contributed by atoms with Gasteiger partial charge in [-0.2, -0.15) is 0 Å². The van der Waals surface area contributed by atoms with Gasteiger partial charge in [0, 0.05) is 12.6 Å². The number of nitrogens with two attached hydrogens (primary N) is 1. The van der Waals surface area contributed by atoms with Crippen LogP contribution in [0.5, 0.6) is 0 Å². The Bertz CT molecular complexity index is 623. The van der Waals surface area contributed by atoms with Crippen molar-refractivity contribution in [3.63, 3.8) is 0 Å². The molecule has 0 spiro atoms. The van der Waals surface area contributed by atoms with E-state index in [9.17, 15) is 4.79 Å². The lowest BCUT2D eigenvalue weighted by molar-refractivity contribution is -0.117. The first-order chi connectivity index (χ1) is 11.0. The first kappa shape index (κ1) is 17.0. The quantitative estimate of drug-likeness (QED) is 0.860. The highest BCUT2D eigenvalue weighted by Crippen LogP contribution is 2.20. The zero-order valence-corrected chi connectivity index (χ0v) is 13.9. The molecule has 0 aliphatic heterocycles. The molecule has 0 bridgehead atoms. The average Bonchev–Trinajstić information content (AvgIpc) is 2.54. The third-order valence-corrected chi connectivity index (χ3v) is 3.56. The van der Waals surface area contributed by atoms with Crippen LogP contribution in [-0.2, 0) is 11.3 Å². The Morgan fingerprint density at radius 3 is 2.39 bits per heavy atom. The predicted octanol–water partition coefficient (Wildman–Crippen LogP) is 2.78. The van der Waals surface area contributed by atoms with Gasteiger partial charge in [0.05, 0.1) is 17.9 Å². The topological polar surface area (TPSA) is 71.2 Å². The molecule has 1 amide bonds. The van der Waals surface area contributed by atoms with Crippen LogP contribution in [-0.4, -0.2) is 23.0 Å². The smallest absolute Gasteiger partial charge is 0.242 e. The van der Waals surface area contributed by atoms with E-state index in [2.05, 4.69) is 41.2 Å². The molecule has 23 heavy (non-hydrogen) atoms. The summed E-state index contributed by atoms with van der Waals surface area (Å²) in [5.74, 6) is 0.273. The molecule has 2 rings (SSSR count). The molecule has 0 radical (unpaired) electrons. The Hall–Kier alpha value is -2.40. The number of carbonyl (C=O) groups excluding carboxylic acids is 1. The molecule has 1 aromatic carbocycles. The highest BCUT2D eigenvalue weighted by atomic mass is 16.2. The number of hydrogen-bond acceptors (Lipinski definition) is 4. The SMILES string of the molecule is CC(N)C(=O)Nc1ccc(N(Cc2ccccc2)C(C)C)cn1. The Morgan fingerprint density at radius 2 is 1.87 bits per heavy atom. The van der Waals surface area contributed by atoms with Crippen LogP contribution in [0.25, 0.3) is 0 Å². The lowest BCUT2D eigenvalue weighted by atomic mass is 10.1. The molecule has 0 aliphatic carbocycles. The maximum absolute atomic E-state index is 11.6. The van der Waals surface area contributed by atoms with Crippen LogP contribution < -0.4 is 16.0 Å². The lowest BCUT2D eigenvalue weighted by Gasteiger charge is -2.29. The van der Waals surface area contributed by atoms with Crippen molar-refractivity contribution in [1.29, 1.82) is 0 Å². The van der Waals surface area contributed by atoms with Gasteiger partial charge in [-0.05, 0) is 38.5 Å². The van der Waals surface area contributed by atoms with Gasteiger partial charge in [-0.25, -0.2) is 4.98 Å². The largest absolute Gasteiger partial charge is 0.364 e. The number of nitrogens with one attached hydrogen (secondary N) is 1. The molecule has 0 fully saturated rings. The first-order valence-electron chi connectivity index (χ1n) is 7.80. The second kappa shape index (κ2) is 7.74. The molecule has 0 aliphatic rings. The number of pyridine rings is 1. The molecule has 2 aromatic rings. The van der Waals surface area contributed by atoms with Gasteiger partial charge in [-0.1, -0.05) is 30.3 Å². The maximum atomic E-state index is 11.6. The maximum Gasteiger partial charge on any atom is 0.242 e. The first-order valence-corrected chi connectivity index (χ1v) is 7.80. The average molecular weight is 312 g/mol. The second-order valence-corrected chi connectivity index (χ2v) is 5.89. The minimum Gasteiger partial charge on any atom is -0.364 e. The van der Waals surface area contributed by atoms with Gasteiger partial charge < -0.3 is 16.0 Å². The normalized spacial score (nSPS) is 12.0. The molecule has 122 valence electrons. The summed E-state index contributed by atoms with van der Waals surface area (Å²) in [5.41, 5.74) is 7.80. The third kappa shape index (κ3) is 4.79. The molecule has 1 aromatic heterocycles. The van der Waals surface area contributed by atoms with Crippen molar-refractivity contribution in [2.45, 2.75) is 39.4 Å². The van der Waals surface area contributed by atoms with Gasteiger partial charge in [-0.15, -0.1) is 0 Å². The molecular weight excluding hydrogens is 288 g/mol. The minimum absolute atomic E-state index is 0.241. The summed E-state index contributed by atoms with van der Waals surface area (Å²) in [6.07, 6.45) is 1.78. The molecule has 5 nitrogen and oxygen atoms in total. The highest BCUT2D eigenvalue weighted by molar-refractivity contribution is 5.93. The standard InChI is InChI=1S/C18H24N4O/c1-13(2)22(12-15-7-5-4-6-8-15)16-9-10-17(20-11-16)21-18(23)14(3)19/h4-11,13-14H,12,19H2,1-3H3,(H,20,21,23). The molecule has 1 unspecified atom stereocenters. The van der Waals surface area contributed by atoms with Crippen molar-refractivity contribution in [3.8, 4) is 0 Å². The molecular formula is C18H24N4O.